The van der Waals surface area contributed by atoms with Gasteiger partial charge in [0.25, 0.3) is 0 Å². The Balaban J connectivity index is 1.83. The van der Waals surface area contributed by atoms with Gasteiger partial charge in [0, 0.05) is 74.7 Å². The van der Waals surface area contributed by atoms with E-state index in [1.54, 1.807) is 72.0 Å². The number of aliphatic carboxylic acids is 3. The summed E-state index contributed by atoms with van der Waals surface area (Å²) in [6.07, 6.45) is 1.11. The van der Waals surface area contributed by atoms with E-state index < -0.39 is 217 Å². The lowest BCUT2D eigenvalue weighted by molar-refractivity contribution is -0.144. The zero-order valence-electron chi connectivity index (χ0n) is 68.9. The second kappa shape index (κ2) is 52.1. The topological polar surface area (TPSA) is 700 Å². The number of hydrogen-bond donors (Lipinski definition) is 24. The Labute approximate surface area is 694 Å². The molecule has 0 bridgehead atoms. The minimum Gasteiger partial charge on any atom is -0.481 e. The molecule has 2 aromatic heterocycles. The molecule has 1 aromatic carbocycles. The Morgan fingerprint density at radius 2 is 1.12 bits per heavy atom. The van der Waals surface area contributed by atoms with Gasteiger partial charge in [0.2, 0.25) is 82.7 Å². The van der Waals surface area contributed by atoms with Crippen molar-refractivity contribution in [1.82, 2.24) is 89.4 Å². The van der Waals surface area contributed by atoms with Crippen molar-refractivity contribution < 1.29 is 102 Å². The van der Waals surface area contributed by atoms with E-state index in [1.807, 2.05) is 5.32 Å². The Morgan fingerprint density at radius 3 is 1.68 bits per heavy atom. The molecule has 0 spiro atoms. The highest BCUT2D eigenvalue weighted by molar-refractivity contribution is 6.01. The average molecular weight is 1690 g/mol. The Hall–Kier alpha value is -11.9. The standard InChI is InChI=1S/C77H122N22O21/c1-8-42(6)63(99-69(112)49(20-12-14-28-79)90-73(116)57(34-45-37-82-39-86-45)95-64(107)48(19-11-13-27-78)88-67(110)52(87-43(7)101)24-26-61(103)104)75(118)97-56(33-44-36-85-47-18-10-9-17-46(44)47)72(115)92-53-23-25-60(102)83-29-15-21-51(66(109)96-58(35-62(105)106)74(117)98-59(38-100)76(119)120)91-70(113)54(31-40(2)3)94-71(114)55(32-41(4)5)93-65(108)50(89-68(53)111)22-16-30-84-77(80)81/h9-10,17-18,36-37,39-42,48-59,63,85,100H,8,11-16,19-35,38,78-79H2,1-7H3,(H,82,86)(H,83,102)(H,87,101)(H,88,110)(H,89,111)(H,90,116)(H,91,113)(H,92,115)(H,93,108)(H,94,114)(H,95,107)(H,96,109)(H,97,118)(H,98,117)(H,99,112)(H,103,104)(H,105,106)(H,119,120)(H4,80,81,84)/t42?,48-,49-,50-,51-,52-,53-,54-,55-,56-,57-,58-,59-,63-/m0/s1. The van der Waals surface area contributed by atoms with E-state index in [4.69, 9.17) is 22.9 Å². The predicted molar refractivity (Wildman–Crippen MR) is 434 cm³/mol. The maximum absolute atomic E-state index is 15.5. The lowest BCUT2D eigenvalue weighted by Gasteiger charge is -2.30. The first-order valence-electron chi connectivity index (χ1n) is 40.3. The first-order chi connectivity index (χ1) is 56.9. The normalized spacial score (nSPS) is 18.7. The second-order valence-corrected chi connectivity index (χ2v) is 30.5. The molecule has 43 nitrogen and oxygen atoms in total. The number of H-pyrrole nitrogens is 2. The van der Waals surface area contributed by atoms with Gasteiger partial charge >= 0.3 is 17.9 Å². The number of carboxylic acids is 3. The zero-order chi connectivity index (χ0) is 89.3. The van der Waals surface area contributed by atoms with Crippen molar-refractivity contribution in [3.63, 3.8) is 0 Å². The molecule has 14 atom stereocenters. The van der Waals surface area contributed by atoms with Crippen LogP contribution in [0.25, 0.3) is 10.9 Å². The summed E-state index contributed by atoms with van der Waals surface area (Å²) in [5.41, 5.74) is 24.4. The SMILES string of the molecule is CCC(C)[C@H](NC(=O)[C@H](CCCCN)NC(=O)[C@H](Cc1cnc[nH]1)NC(=O)[C@H](CCCCN)NC(=O)[C@H](CCC(=O)O)NC(C)=O)C(=O)N[C@@H](Cc1c[nH]c2ccccc12)C(=O)N[C@H]1CCC(=O)NCCC[C@@H](C(=O)N[C@@H](CC(=O)O)C(=O)N[C@@H](CO)C(=O)O)NC(=O)[C@H](CC(C)C)NC(=O)[C@H](CC(C)C)NC(=O)[C@H](CCCN=C(N)N)NC1=O. The number of carbonyl (C=O) groups is 17. The van der Waals surface area contributed by atoms with Crippen molar-refractivity contribution >= 4 is 117 Å². The number of hydrogen-bond acceptors (Lipinski definition) is 22. The van der Waals surface area contributed by atoms with Crippen molar-refractivity contribution in [1.29, 1.82) is 0 Å². The largest absolute Gasteiger partial charge is 0.481 e. The van der Waals surface area contributed by atoms with Gasteiger partial charge in [0.1, 0.15) is 78.5 Å². The summed E-state index contributed by atoms with van der Waals surface area (Å²) in [6.45, 7) is 10.2. The summed E-state index contributed by atoms with van der Waals surface area (Å²) in [7, 11) is 0. The molecule has 1 aliphatic rings. The molecule has 1 unspecified atom stereocenters. The van der Waals surface area contributed by atoms with Crippen LogP contribution in [0, 0.1) is 17.8 Å². The third-order valence-corrected chi connectivity index (χ3v) is 19.6. The molecular formula is C77H122N22O21. The molecular weight excluding hydrogens is 1570 g/mol. The van der Waals surface area contributed by atoms with Crippen LogP contribution in [0.1, 0.15) is 175 Å². The van der Waals surface area contributed by atoms with Gasteiger partial charge < -0.3 is 128 Å². The average Bonchev–Trinajstić information content (AvgIpc) is 1.55. The number of aliphatic imine (C=N–C) groups is 1. The van der Waals surface area contributed by atoms with Crippen LogP contribution < -0.4 is 97.4 Å². The number of aromatic nitrogens is 3. The molecule has 1 aliphatic heterocycles. The van der Waals surface area contributed by atoms with Crippen molar-refractivity contribution in [2.24, 2.45) is 45.7 Å². The molecule has 0 saturated carbocycles. The highest BCUT2D eigenvalue weighted by Crippen LogP contribution is 2.22. The molecule has 43 heteroatoms. The van der Waals surface area contributed by atoms with E-state index in [-0.39, 0.29) is 134 Å². The van der Waals surface area contributed by atoms with E-state index in [1.165, 1.54) is 12.5 Å². The number of carbonyl (C=O) groups excluding carboxylic acids is 14. The summed E-state index contributed by atoms with van der Waals surface area (Å²) >= 11 is 0. The fourth-order valence-electron chi connectivity index (χ4n) is 13.0. The van der Waals surface area contributed by atoms with E-state index in [9.17, 15) is 82.8 Å². The number of nitrogens with one attached hydrogen (secondary N) is 16. The van der Waals surface area contributed by atoms with Crippen LogP contribution in [-0.4, -0.2) is 253 Å². The van der Waals surface area contributed by atoms with Gasteiger partial charge in [-0.1, -0.05) is 66.2 Å². The van der Waals surface area contributed by atoms with Crippen LogP contribution in [0.3, 0.4) is 0 Å². The number of aliphatic hydroxyl groups is 1. The first kappa shape index (κ1) is 100. The lowest BCUT2D eigenvalue weighted by Crippen LogP contribution is -2.62. The summed E-state index contributed by atoms with van der Waals surface area (Å²) in [6, 6.07) is -13.7. The fourth-order valence-corrected chi connectivity index (χ4v) is 13.0. The molecule has 120 heavy (non-hydrogen) atoms. The van der Waals surface area contributed by atoms with Crippen LogP contribution in [-0.2, 0) is 94.3 Å². The van der Waals surface area contributed by atoms with Gasteiger partial charge in [-0.3, -0.25) is 81.7 Å². The summed E-state index contributed by atoms with van der Waals surface area (Å²) in [4.78, 5) is 251. The molecule has 3 aromatic rings. The number of benzene rings is 1. The second-order valence-electron chi connectivity index (χ2n) is 30.5. The highest BCUT2D eigenvalue weighted by atomic mass is 16.4. The van der Waals surface area contributed by atoms with E-state index >= 15 is 19.2 Å². The van der Waals surface area contributed by atoms with E-state index in [2.05, 4.69) is 89.1 Å². The van der Waals surface area contributed by atoms with Crippen molar-refractivity contribution in [3.05, 3.63) is 54.2 Å². The molecule has 666 valence electrons. The molecule has 14 amide bonds. The molecule has 28 N–H and O–H groups in total. The fraction of sp³-hybridized carbons (Fsp3) is 0.623. The summed E-state index contributed by atoms with van der Waals surface area (Å²) < 4.78 is 0. The van der Waals surface area contributed by atoms with Gasteiger partial charge in [-0.25, -0.2) is 9.78 Å². The molecule has 3 heterocycles. The summed E-state index contributed by atoms with van der Waals surface area (Å²) in [5.74, 6) is -19.7. The number of nitrogens with zero attached hydrogens (tertiary/aromatic N) is 2. The molecule has 1 fully saturated rings. The number of nitrogens with two attached hydrogens (primary N) is 4. The number of carboxylic acid groups (broad SMARTS) is 3. The Bertz CT molecular complexity index is 3980. The Morgan fingerprint density at radius 1 is 0.583 bits per heavy atom. The monoisotopic (exact) mass is 1690 g/mol. The van der Waals surface area contributed by atoms with E-state index in [0.29, 0.717) is 35.0 Å². The number of amides is 14. The smallest absolute Gasteiger partial charge is 0.328 e. The van der Waals surface area contributed by atoms with Gasteiger partial charge in [0.15, 0.2) is 5.96 Å². The molecule has 4 rings (SSSR count). The van der Waals surface area contributed by atoms with Crippen LogP contribution in [0.5, 0.6) is 0 Å². The number of aromatic amines is 2. The number of imidazole rings is 1. The zero-order valence-corrected chi connectivity index (χ0v) is 68.9. The number of unbranched alkanes of at least 4 members (excludes halogenated alkanes) is 2. The highest BCUT2D eigenvalue weighted by Gasteiger charge is 2.40. The van der Waals surface area contributed by atoms with Crippen LogP contribution in [0.4, 0.5) is 0 Å². The number of guanidine groups is 1. The number of aliphatic hydroxyl groups excluding tert-OH is 1. The van der Waals surface area contributed by atoms with Crippen LogP contribution in [0.2, 0.25) is 0 Å². The molecule has 0 aliphatic carbocycles. The van der Waals surface area contributed by atoms with Crippen molar-refractivity contribution in [2.75, 3.05) is 32.8 Å². The number of rotatable bonds is 46. The third kappa shape index (κ3) is 35.7. The Kier molecular flexibility index (Phi) is 43.6. The molecule has 0 radical (unpaired) electrons. The van der Waals surface area contributed by atoms with Gasteiger partial charge in [-0.05, 0) is 132 Å². The lowest BCUT2D eigenvalue weighted by atomic mass is 9.96. The van der Waals surface area contributed by atoms with Gasteiger partial charge in [-0.15, -0.1) is 0 Å². The molecule has 1 saturated heterocycles. The number of fused-ring (bicyclic) bond motifs is 1. The van der Waals surface area contributed by atoms with Crippen molar-refractivity contribution in [3.8, 4) is 0 Å². The maximum Gasteiger partial charge on any atom is 0.328 e. The maximum atomic E-state index is 15.5. The summed E-state index contributed by atoms with van der Waals surface area (Å²) in [5, 5.41) is 74.9. The predicted octanol–water partition coefficient (Wildman–Crippen LogP) is -4.44. The minimum atomic E-state index is -1.99. The van der Waals surface area contributed by atoms with Crippen molar-refractivity contribution in [2.45, 2.75) is 255 Å². The third-order valence-electron chi connectivity index (χ3n) is 19.6. The van der Waals surface area contributed by atoms with E-state index in [0.717, 1.165) is 6.92 Å². The van der Waals surface area contributed by atoms with Crippen LogP contribution >= 0.6 is 0 Å². The first-order valence-corrected chi connectivity index (χ1v) is 40.3. The van der Waals surface area contributed by atoms with Gasteiger partial charge in [-0.2, -0.15) is 0 Å². The minimum absolute atomic E-state index is 0.0111. The quantitative estimate of drug-likeness (QED) is 0.0144. The van der Waals surface area contributed by atoms with Gasteiger partial charge in [0.05, 0.1) is 19.4 Å². The number of para-hydroxylation sites is 1. The van der Waals surface area contributed by atoms with Crippen LogP contribution in [0.15, 0.2) is 48.0 Å².